The molecule has 0 saturated carbocycles. The largest absolute Gasteiger partial charge is 0.456 e. The van der Waals surface area contributed by atoms with Crippen molar-refractivity contribution in [3.8, 4) is 33.6 Å². The minimum absolute atomic E-state index is 0.0678. The Kier molecular flexibility index (Phi) is 3.11. The zero-order chi connectivity index (χ0) is 43.2. The average molecular weight is 602 g/mol. The maximum atomic E-state index is 9.57. The van der Waals surface area contributed by atoms with Crippen molar-refractivity contribution in [2.24, 2.45) is 0 Å². The van der Waals surface area contributed by atoms with Crippen molar-refractivity contribution < 1.29 is 29.4 Å². The summed E-state index contributed by atoms with van der Waals surface area (Å²) in [7, 11) is 0. The Morgan fingerprint density at radius 2 is 0.978 bits per heavy atom. The monoisotopic (exact) mass is 601 g/mol. The lowest BCUT2D eigenvalue weighted by Gasteiger charge is -2.19. The molecule has 2 aromatic heterocycles. The third-order valence-electron chi connectivity index (χ3n) is 8.41. The van der Waals surface area contributed by atoms with Gasteiger partial charge in [-0.2, -0.15) is 0 Å². The lowest BCUT2D eigenvalue weighted by Crippen LogP contribution is -1.92. The van der Waals surface area contributed by atoms with Gasteiger partial charge >= 0.3 is 0 Å². The van der Waals surface area contributed by atoms with Gasteiger partial charge in [-0.3, -0.25) is 0 Å². The van der Waals surface area contributed by atoms with Gasteiger partial charge in [0.1, 0.15) is 22.5 Å². The summed E-state index contributed by atoms with van der Waals surface area (Å²) in [5, 5.41) is -0.211. The summed E-state index contributed by atoms with van der Waals surface area (Å²) < 4.78 is 149. The first-order valence-electron chi connectivity index (χ1n) is 22.0. The minimum atomic E-state index is -0.776. The van der Waals surface area contributed by atoms with Crippen molar-refractivity contribution in [1.29, 1.82) is 0 Å². The van der Waals surface area contributed by atoms with Crippen LogP contribution in [0.25, 0.3) is 98.8 Å². The predicted molar refractivity (Wildman–Crippen MR) is 192 cm³/mol. The van der Waals surface area contributed by atoms with Crippen molar-refractivity contribution in [3.05, 3.63) is 157 Å². The Labute approximate surface area is 285 Å². The minimum Gasteiger partial charge on any atom is -0.456 e. The van der Waals surface area contributed by atoms with Gasteiger partial charge in [-0.1, -0.05) is 139 Å². The quantitative estimate of drug-likeness (QED) is 0.188. The maximum absolute atomic E-state index is 9.57. The van der Waals surface area contributed by atoms with E-state index in [4.69, 9.17) is 22.5 Å². The van der Waals surface area contributed by atoms with E-state index in [1.165, 1.54) is 0 Å². The number of hydrogen-bond donors (Lipinski definition) is 0. The van der Waals surface area contributed by atoms with Crippen molar-refractivity contribution in [2.75, 3.05) is 0 Å². The highest BCUT2D eigenvalue weighted by atomic mass is 16.3. The number of furan rings is 2. The number of hydrogen-bond acceptors (Lipinski definition) is 2. The van der Waals surface area contributed by atoms with Crippen molar-refractivity contribution in [3.63, 3.8) is 0 Å². The van der Waals surface area contributed by atoms with E-state index in [0.717, 1.165) is 5.39 Å². The molecule has 0 bridgehead atoms. The highest BCUT2D eigenvalue weighted by Crippen LogP contribution is 2.51. The van der Waals surface area contributed by atoms with Gasteiger partial charge in [0.2, 0.25) is 0 Å². The topological polar surface area (TPSA) is 26.3 Å². The van der Waals surface area contributed by atoms with Crippen LogP contribution in [0.2, 0.25) is 0 Å². The number of fused-ring (bicyclic) bond motifs is 7. The van der Waals surface area contributed by atoms with Gasteiger partial charge in [0, 0.05) is 32.8 Å². The second-order valence-electron chi connectivity index (χ2n) is 10.9. The molecule has 0 radical (unpaired) electrons. The molecule has 0 N–H and O–H groups in total. The first-order valence-corrected chi connectivity index (χ1v) is 14.5. The van der Waals surface area contributed by atoms with Crippen LogP contribution in [-0.4, -0.2) is 0 Å². The summed E-state index contributed by atoms with van der Waals surface area (Å²) >= 11 is 0. The molecule has 0 amide bonds. The molecule has 0 aliphatic rings. The normalized spacial score (nSPS) is 16.5. The van der Waals surface area contributed by atoms with E-state index in [0.29, 0.717) is 33.1 Å². The molecule has 214 valence electrons. The molecule has 0 unspecified atom stereocenters. The summed E-state index contributed by atoms with van der Waals surface area (Å²) in [6, 6.07) is 9.09. The van der Waals surface area contributed by atoms with Crippen LogP contribution in [0, 0.1) is 0 Å². The molecule has 10 rings (SSSR count). The summed E-state index contributed by atoms with van der Waals surface area (Å²) in [4.78, 5) is 0. The molecule has 2 heterocycles. The van der Waals surface area contributed by atoms with Crippen LogP contribution in [-0.2, 0) is 0 Å². The lowest BCUT2D eigenvalue weighted by atomic mass is 9.83. The molecule has 0 spiro atoms. The fraction of sp³-hybridized carbons (Fsp3) is 0. The first-order chi connectivity index (χ1) is 29.1. The zero-order valence-corrected chi connectivity index (χ0v) is 23.7. The molecule has 46 heavy (non-hydrogen) atoms. The fourth-order valence-electron chi connectivity index (χ4n) is 6.48. The fourth-order valence-corrected chi connectivity index (χ4v) is 6.48. The van der Waals surface area contributed by atoms with Gasteiger partial charge in [-0.15, -0.1) is 0 Å². The zero-order valence-electron chi connectivity index (χ0n) is 38.7. The Hall–Kier alpha value is -6.12. The Morgan fingerprint density at radius 1 is 0.391 bits per heavy atom. The van der Waals surface area contributed by atoms with E-state index in [9.17, 15) is 6.85 Å². The lowest BCUT2D eigenvalue weighted by molar-refractivity contribution is 0.632. The van der Waals surface area contributed by atoms with Crippen LogP contribution in [0.3, 0.4) is 0 Å². The first kappa shape index (κ1) is 14.8. The molecule has 0 saturated heterocycles. The average Bonchev–Trinajstić information content (AvgIpc) is 3.82. The molecular weight excluding hydrogens is 560 g/mol. The molecule has 0 atom stereocenters. The van der Waals surface area contributed by atoms with Crippen molar-refractivity contribution in [2.45, 2.75) is 0 Å². The molecule has 2 heteroatoms. The van der Waals surface area contributed by atoms with Crippen LogP contribution in [0.1, 0.15) is 20.6 Å². The Balaban J connectivity index is 1.55. The third-order valence-corrected chi connectivity index (χ3v) is 8.41. The van der Waals surface area contributed by atoms with Crippen LogP contribution < -0.4 is 0 Å². The van der Waals surface area contributed by atoms with Gasteiger partial charge < -0.3 is 8.83 Å². The van der Waals surface area contributed by atoms with Gasteiger partial charge in [0.15, 0.2) is 0 Å². The SMILES string of the molecule is [2H]c1c([2H])c([2H])c2c(-c3c4c([2H])c([2H])c([2H])c([2H])c4c(-c4c(-c5ccccc5)oc5cc6c(cc45)oc4ccccc46)c4c([2H])c([2H])c([2H])c([2H])c34)c([2H])c([2H])c([2H])c2c1[2H]. The summed E-state index contributed by atoms with van der Waals surface area (Å²) in [5.74, 6) is 0.190. The van der Waals surface area contributed by atoms with E-state index in [2.05, 4.69) is 0 Å². The van der Waals surface area contributed by atoms with E-state index in [-0.39, 0.29) is 38.4 Å². The van der Waals surface area contributed by atoms with E-state index >= 15 is 0 Å². The molecule has 2 nitrogen and oxygen atoms in total. The second-order valence-corrected chi connectivity index (χ2v) is 10.9. The van der Waals surface area contributed by atoms with Gasteiger partial charge in [-0.05, 0) is 61.6 Å². The highest BCUT2D eigenvalue weighted by Gasteiger charge is 2.25. The molecule has 0 aliphatic heterocycles. The molecular formula is C44H26O2. The molecule has 8 aromatic carbocycles. The third kappa shape index (κ3) is 3.59. The maximum Gasteiger partial charge on any atom is 0.143 e. The van der Waals surface area contributed by atoms with E-state index in [1.54, 1.807) is 48.5 Å². The number of benzene rings is 8. The number of para-hydroxylation sites is 1. The van der Waals surface area contributed by atoms with Crippen LogP contribution in [0.5, 0.6) is 0 Å². The van der Waals surface area contributed by atoms with E-state index in [1.807, 2.05) is 18.2 Å². The molecule has 0 fully saturated rings. The summed E-state index contributed by atoms with van der Waals surface area (Å²) in [5.41, 5.74) is 1.12. The highest BCUT2D eigenvalue weighted by molar-refractivity contribution is 6.27. The van der Waals surface area contributed by atoms with Crippen molar-refractivity contribution in [1.82, 2.24) is 0 Å². The summed E-state index contributed by atoms with van der Waals surface area (Å²) in [6.07, 6.45) is 0. The molecule has 10 aromatic rings. The van der Waals surface area contributed by atoms with Gasteiger partial charge in [0.25, 0.3) is 0 Å². The van der Waals surface area contributed by atoms with Crippen LogP contribution >= 0.6 is 0 Å². The Morgan fingerprint density at radius 3 is 1.74 bits per heavy atom. The summed E-state index contributed by atoms with van der Waals surface area (Å²) in [6.45, 7) is 0. The number of rotatable bonds is 3. The predicted octanol–water partition coefficient (Wildman–Crippen LogP) is 12.8. The molecule has 0 aliphatic carbocycles. The van der Waals surface area contributed by atoms with Gasteiger partial charge in [-0.25, -0.2) is 0 Å². The second kappa shape index (κ2) is 9.69. The standard InChI is InChI=1S/C44H26O2/c1-2-14-28(15-3-1)44-43(37-26-39-36(25-40(37)46-44)30-18-10-11-24-38(30)45-39)42-34-21-8-6-19-32(34)41(33-20-7-9-22-35(33)42)31-23-12-16-27-13-4-5-17-29(27)31/h1-26H/i4D,5D,6D,7D,8D,9D,12D,13D,16D,17D,19D,20D,21D,22D,23D. The smallest absolute Gasteiger partial charge is 0.143 e. The van der Waals surface area contributed by atoms with Gasteiger partial charge in [0.05, 0.1) is 20.6 Å². The van der Waals surface area contributed by atoms with Crippen molar-refractivity contribution >= 4 is 65.2 Å². The van der Waals surface area contributed by atoms with Crippen LogP contribution in [0.15, 0.2) is 166 Å². The van der Waals surface area contributed by atoms with Crippen LogP contribution in [0.4, 0.5) is 0 Å². The Bertz CT molecular complexity index is 3560. The van der Waals surface area contributed by atoms with E-state index < -0.39 is 113 Å².